The Bertz CT molecular complexity index is 1190. The van der Waals surface area contributed by atoms with E-state index in [4.69, 9.17) is 9.31 Å². The van der Waals surface area contributed by atoms with Crippen LogP contribution in [0.2, 0.25) is 0 Å². The van der Waals surface area contributed by atoms with Crippen LogP contribution < -0.4 is 10.8 Å². The molecule has 2 rings (SSSR count). The zero-order chi connectivity index (χ0) is 43.4. The van der Waals surface area contributed by atoms with Crippen molar-refractivity contribution >= 4 is 30.1 Å². The van der Waals surface area contributed by atoms with E-state index in [1.165, 1.54) is 173 Å². The van der Waals surface area contributed by atoms with Crippen LogP contribution in [0.5, 0.6) is 0 Å². The topological polar surface area (TPSA) is 81.7 Å². The van der Waals surface area contributed by atoms with Crippen molar-refractivity contribution in [2.45, 2.75) is 265 Å². The SMILES string of the molecule is CCCCCCCCCCCCCCCCCCC(=O)CCC(NC(=O)c1ccc(B2OCC(C)(C)CO2)cc1)C(=O)CCCCCCCCCCCCCCCCCC. The molecule has 1 aliphatic rings. The summed E-state index contributed by atoms with van der Waals surface area (Å²) < 4.78 is 11.8. The summed E-state index contributed by atoms with van der Waals surface area (Å²) in [4.78, 5) is 39.9. The summed E-state index contributed by atoms with van der Waals surface area (Å²) in [6.45, 7) is 10.0. The fourth-order valence-corrected chi connectivity index (χ4v) is 8.55. The van der Waals surface area contributed by atoms with Crippen LogP contribution in [0.4, 0.5) is 0 Å². The fourth-order valence-electron chi connectivity index (χ4n) is 8.55. The number of ketones is 2. The van der Waals surface area contributed by atoms with Crippen molar-refractivity contribution in [3.63, 3.8) is 0 Å². The third-order valence-corrected chi connectivity index (χ3v) is 12.7. The highest BCUT2D eigenvalue weighted by molar-refractivity contribution is 6.61. The van der Waals surface area contributed by atoms with Crippen LogP contribution in [0.3, 0.4) is 0 Å². The molecule has 1 N–H and O–H groups in total. The molecule has 0 radical (unpaired) electrons. The van der Waals surface area contributed by atoms with Gasteiger partial charge in [-0.3, -0.25) is 14.4 Å². The molecule has 1 aromatic carbocycles. The first kappa shape index (κ1) is 54.1. The minimum Gasteiger partial charge on any atom is -0.407 e. The van der Waals surface area contributed by atoms with Crippen molar-refractivity contribution in [2.24, 2.45) is 5.41 Å². The number of unbranched alkanes of at least 4 members (excludes halogenated alkanes) is 30. The molecule has 344 valence electrons. The van der Waals surface area contributed by atoms with Gasteiger partial charge in [-0.25, -0.2) is 0 Å². The van der Waals surface area contributed by atoms with Gasteiger partial charge < -0.3 is 14.6 Å². The Morgan fingerprint density at radius 3 is 1.25 bits per heavy atom. The highest BCUT2D eigenvalue weighted by atomic mass is 16.6. The third-order valence-electron chi connectivity index (χ3n) is 12.7. The Kier molecular flexibility index (Phi) is 32.9. The Morgan fingerprint density at radius 2 is 0.867 bits per heavy atom. The van der Waals surface area contributed by atoms with Crippen LogP contribution in [0.1, 0.15) is 269 Å². The Balaban J connectivity index is 1.67. The molecule has 0 aliphatic carbocycles. The first-order valence-electron chi connectivity index (χ1n) is 25.9. The highest BCUT2D eigenvalue weighted by Gasteiger charge is 2.33. The van der Waals surface area contributed by atoms with Crippen molar-refractivity contribution in [2.75, 3.05) is 13.2 Å². The van der Waals surface area contributed by atoms with Crippen LogP contribution in [0, 0.1) is 5.41 Å². The van der Waals surface area contributed by atoms with Gasteiger partial charge in [0.2, 0.25) is 0 Å². The molecule has 0 spiro atoms. The molecular weight excluding hydrogens is 741 g/mol. The molecule has 1 fully saturated rings. The number of amides is 1. The number of hydrogen-bond acceptors (Lipinski definition) is 5. The van der Waals surface area contributed by atoms with Crippen LogP contribution in [-0.2, 0) is 18.9 Å². The summed E-state index contributed by atoms with van der Waals surface area (Å²) in [6, 6.07) is 6.64. The molecule has 1 heterocycles. The van der Waals surface area contributed by atoms with Crippen molar-refractivity contribution in [1.29, 1.82) is 0 Å². The second kappa shape index (κ2) is 36.5. The van der Waals surface area contributed by atoms with Gasteiger partial charge in [0.05, 0.1) is 6.04 Å². The second-order valence-corrected chi connectivity index (χ2v) is 19.4. The van der Waals surface area contributed by atoms with E-state index in [1.54, 1.807) is 12.1 Å². The van der Waals surface area contributed by atoms with Gasteiger partial charge in [0.15, 0.2) is 5.78 Å². The molecule has 1 saturated heterocycles. The molecular formula is C53H94BNO5. The first-order chi connectivity index (χ1) is 29.3. The van der Waals surface area contributed by atoms with Gasteiger partial charge in [-0.05, 0) is 36.9 Å². The van der Waals surface area contributed by atoms with Crippen LogP contribution in [-0.4, -0.2) is 43.8 Å². The first-order valence-corrected chi connectivity index (χ1v) is 25.9. The van der Waals surface area contributed by atoms with Gasteiger partial charge in [-0.1, -0.05) is 232 Å². The van der Waals surface area contributed by atoms with Crippen molar-refractivity contribution in [1.82, 2.24) is 5.32 Å². The summed E-state index contributed by atoms with van der Waals surface area (Å²) >= 11 is 0. The monoisotopic (exact) mass is 836 g/mol. The van der Waals surface area contributed by atoms with Gasteiger partial charge in [-0.2, -0.15) is 0 Å². The zero-order valence-corrected chi connectivity index (χ0v) is 39.9. The quantitative estimate of drug-likeness (QED) is 0.0525. The van der Waals surface area contributed by atoms with Crippen molar-refractivity contribution in [3.8, 4) is 0 Å². The number of nitrogens with one attached hydrogen (secondary N) is 1. The predicted octanol–water partition coefficient (Wildman–Crippen LogP) is 14.8. The molecule has 1 atom stereocenters. The number of hydrogen-bond donors (Lipinski definition) is 1. The van der Waals surface area contributed by atoms with E-state index in [0.29, 0.717) is 44.5 Å². The van der Waals surface area contributed by atoms with E-state index in [1.807, 2.05) is 12.1 Å². The smallest absolute Gasteiger partial charge is 0.407 e. The number of rotatable bonds is 41. The molecule has 0 bridgehead atoms. The van der Waals surface area contributed by atoms with Crippen LogP contribution in [0.15, 0.2) is 24.3 Å². The van der Waals surface area contributed by atoms with Crippen molar-refractivity contribution in [3.05, 3.63) is 29.8 Å². The van der Waals surface area contributed by atoms with Gasteiger partial charge in [-0.15, -0.1) is 0 Å². The fraction of sp³-hybridized carbons (Fsp3) is 0.830. The Hall–Kier alpha value is -1.99. The molecule has 1 unspecified atom stereocenters. The summed E-state index contributed by atoms with van der Waals surface area (Å²) in [7, 11) is -0.440. The summed E-state index contributed by atoms with van der Waals surface area (Å²) in [5, 5.41) is 3.02. The molecule has 1 aliphatic heterocycles. The largest absolute Gasteiger partial charge is 0.493 e. The maximum atomic E-state index is 13.5. The maximum Gasteiger partial charge on any atom is 0.493 e. The Morgan fingerprint density at radius 1 is 0.517 bits per heavy atom. The average molecular weight is 836 g/mol. The lowest BCUT2D eigenvalue weighted by molar-refractivity contribution is -0.122. The summed E-state index contributed by atoms with van der Waals surface area (Å²) in [5.41, 5.74) is 1.35. The van der Waals surface area contributed by atoms with Gasteiger partial charge in [0.1, 0.15) is 5.78 Å². The highest BCUT2D eigenvalue weighted by Crippen LogP contribution is 2.22. The molecule has 1 amide bonds. The molecule has 6 nitrogen and oxygen atoms in total. The normalized spacial score (nSPS) is 14.4. The van der Waals surface area contributed by atoms with Crippen LogP contribution in [0.25, 0.3) is 0 Å². The molecule has 1 aromatic rings. The van der Waals surface area contributed by atoms with Crippen LogP contribution >= 0.6 is 0 Å². The van der Waals surface area contributed by atoms with Gasteiger partial charge >= 0.3 is 7.12 Å². The second-order valence-electron chi connectivity index (χ2n) is 19.4. The van der Waals surface area contributed by atoms with Crippen molar-refractivity contribution < 1.29 is 23.7 Å². The van der Waals surface area contributed by atoms with E-state index < -0.39 is 13.2 Å². The summed E-state index contributed by atoms with van der Waals surface area (Å²) in [6.07, 6.45) is 43.4. The lowest BCUT2D eigenvalue weighted by atomic mass is 9.75. The summed E-state index contributed by atoms with van der Waals surface area (Å²) in [5.74, 6) is -0.0225. The molecule has 7 heteroatoms. The minimum atomic E-state index is -0.643. The third kappa shape index (κ3) is 28.6. The predicted molar refractivity (Wildman–Crippen MR) is 256 cm³/mol. The number of carbonyl (C=O) groups excluding carboxylic acids is 3. The Labute approximate surface area is 371 Å². The van der Waals surface area contributed by atoms with E-state index in [-0.39, 0.29) is 22.9 Å². The van der Waals surface area contributed by atoms with E-state index >= 15 is 0 Å². The lowest BCUT2D eigenvalue weighted by Gasteiger charge is -2.33. The lowest BCUT2D eigenvalue weighted by Crippen LogP contribution is -2.47. The van der Waals surface area contributed by atoms with Gasteiger partial charge in [0, 0.05) is 43.5 Å². The molecule has 60 heavy (non-hydrogen) atoms. The number of benzene rings is 1. The molecule has 0 aromatic heterocycles. The maximum absolute atomic E-state index is 13.5. The number of carbonyl (C=O) groups is 3. The molecule has 0 saturated carbocycles. The van der Waals surface area contributed by atoms with E-state index in [2.05, 4.69) is 33.0 Å². The number of Topliss-reactive ketones (excluding diaryl/α,β-unsaturated/α-hetero) is 2. The van der Waals surface area contributed by atoms with E-state index in [0.717, 1.165) is 37.6 Å². The minimum absolute atomic E-state index is 0.0167. The standard InChI is InChI=1S/C53H94BNO5/c1-5-7-9-11-13-15-17-19-21-23-25-27-29-31-33-35-37-49(56)43-44-50(55-52(58)47-39-41-48(42-40-47)54-59-45-53(3,4)46-60-54)51(57)38-36-34-32-30-28-26-24-22-20-18-16-14-12-10-8-6-2/h39-42,50H,5-38,43-46H2,1-4H3,(H,55,58). The average Bonchev–Trinajstić information content (AvgIpc) is 3.24. The van der Waals surface area contributed by atoms with E-state index in [9.17, 15) is 14.4 Å². The zero-order valence-electron chi connectivity index (χ0n) is 39.9. The van der Waals surface area contributed by atoms with Gasteiger partial charge in [0.25, 0.3) is 5.91 Å².